The van der Waals surface area contributed by atoms with E-state index in [0.717, 1.165) is 6.42 Å². The van der Waals surface area contributed by atoms with E-state index in [-0.39, 0.29) is 39.7 Å². The Morgan fingerprint density at radius 1 is 1.15 bits per heavy atom. The fourth-order valence-corrected chi connectivity index (χ4v) is 1.51. The third kappa shape index (κ3) is 15.0. The molecule has 0 nitrogen and oxygen atoms in total. The fourth-order valence-electron chi connectivity index (χ4n) is 1.51. The summed E-state index contributed by atoms with van der Waals surface area (Å²) in [6.45, 7) is 10.4. The van der Waals surface area contributed by atoms with Crippen molar-refractivity contribution in [3.63, 3.8) is 0 Å². The van der Waals surface area contributed by atoms with Crippen LogP contribution in [-0.2, 0) is 23.3 Å². The molecule has 2 aliphatic carbocycles. The van der Waals surface area contributed by atoms with Crippen LogP contribution in [0.2, 0.25) is 0 Å². The molecule has 20 heavy (non-hydrogen) atoms. The second-order valence-corrected chi connectivity index (χ2v) is 3.87. The van der Waals surface area contributed by atoms with Crippen molar-refractivity contribution in [2.24, 2.45) is 5.92 Å². The summed E-state index contributed by atoms with van der Waals surface area (Å²) in [5.41, 5.74) is 3.98. The summed E-state index contributed by atoms with van der Waals surface area (Å²) in [5.74, 6) is 0.551. The van der Waals surface area contributed by atoms with Gasteiger partial charge >= 0.3 is 30.2 Å². The normalized spacial score (nSPS) is 16.8. The van der Waals surface area contributed by atoms with Crippen LogP contribution in [0, 0.1) is 32.9 Å². The van der Waals surface area contributed by atoms with Gasteiger partial charge in [0.1, 0.15) is 0 Å². The van der Waals surface area contributed by atoms with Crippen LogP contribution in [0.15, 0.2) is 34.9 Å². The van der Waals surface area contributed by atoms with Crippen molar-refractivity contribution in [1.29, 1.82) is 0 Å². The zero-order valence-electron chi connectivity index (χ0n) is 13.5. The van der Waals surface area contributed by atoms with Gasteiger partial charge in [0.2, 0.25) is 0 Å². The molecule has 2 aliphatic rings. The first-order valence-corrected chi connectivity index (χ1v) is 11.4. The van der Waals surface area contributed by atoms with E-state index in [0.29, 0.717) is 5.92 Å². The van der Waals surface area contributed by atoms with Crippen LogP contribution in [0.3, 0.4) is 0 Å². The molecule has 0 amide bonds. The summed E-state index contributed by atoms with van der Waals surface area (Å²) in [6.07, 6.45) is 13.9. The molecule has 0 bridgehead atoms. The number of halogens is 2. The molecule has 0 aliphatic heterocycles. The van der Waals surface area contributed by atoms with Gasteiger partial charge in [0.15, 0.2) is 0 Å². The van der Waals surface area contributed by atoms with Gasteiger partial charge in [-0.3, -0.25) is 12.2 Å². The van der Waals surface area contributed by atoms with Crippen LogP contribution in [-0.4, -0.2) is 6.88 Å². The zero-order valence-corrected chi connectivity index (χ0v) is 19.0. The Balaban J connectivity index is -0.0000000575. The van der Waals surface area contributed by atoms with Gasteiger partial charge in [-0.15, -0.1) is 38.2 Å². The molecule has 0 heterocycles. The molecule has 2 rings (SSSR count). The molecule has 0 fully saturated rings. The van der Waals surface area contributed by atoms with E-state index in [4.69, 9.17) is 0 Å². The Labute approximate surface area is 156 Å². The Morgan fingerprint density at radius 3 is 1.75 bits per heavy atom. The zero-order chi connectivity index (χ0) is 12.6. The first-order valence-electron chi connectivity index (χ1n) is 5.48. The maximum atomic E-state index is 3.29. The van der Waals surface area contributed by atoms with Crippen LogP contribution in [0.5, 0.6) is 0 Å². The quantitative estimate of drug-likeness (QED) is 0.395. The van der Waals surface area contributed by atoms with Crippen molar-refractivity contribution < 1.29 is 23.3 Å². The van der Waals surface area contributed by atoms with Gasteiger partial charge in [-0.1, -0.05) is 26.7 Å². The first kappa shape index (κ1) is 32.5. The molecule has 0 aromatic heterocycles. The van der Waals surface area contributed by atoms with Gasteiger partial charge in [0.25, 0.3) is 0 Å². The number of rotatable bonds is 0. The van der Waals surface area contributed by atoms with Crippen molar-refractivity contribution in [1.82, 2.24) is 0 Å². The SMILES string of the molecule is CC1=[C-]C(C)C=C1C.CC1=[C-]CC=C1.Cl.Cl.[CH3-].[CH3-].[SiH2]=[Zr]. The maximum absolute atomic E-state index is 3.29. The minimum absolute atomic E-state index is 0. The van der Waals surface area contributed by atoms with E-state index in [1.165, 1.54) is 16.7 Å². The molecular formula is C16H28Cl2SiZr-4. The van der Waals surface area contributed by atoms with Gasteiger partial charge in [-0.25, -0.2) is 22.8 Å². The molecule has 0 saturated carbocycles. The van der Waals surface area contributed by atoms with Crippen LogP contribution in [0.4, 0.5) is 0 Å². The molecule has 0 radical (unpaired) electrons. The average molecular weight is 411 g/mol. The monoisotopic (exact) mass is 408 g/mol. The van der Waals surface area contributed by atoms with Crippen molar-refractivity contribution >= 4 is 31.7 Å². The van der Waals surface area contributed by atoms with Gasteiger partial charge in [0, 0.05) is 0 Å². The van der Waals surface area contributed by atoms with Gasteiger partial charge < -0.3 is 14.9 Å². The number of allylic oxidation sites excluding steroid dienone is 8. The molecule has 1 atom stereocenters. The molecule has 0 N–H and O–H groups in total. The summed E-state index contributed by atoms with van der Waals surface area (Å²) in [7, 11) is 0. The van der Waals surface area contributed by atoms with Crippen molar-refractivity contribution in [2.75, 3.05) is 0 Å². The number of hydrogen-bond donors (Lipinski definition) is 0. The molecule has 118 valence electrons. The first-order chi connectivity index (χ1) is 7.59. The predicted molar refractivity (Wildman–Crippen MR) is 97.4 cm³/mol. The van der Waals surface area contributed by atoms with E-state index in [9.17, 15) is 0 Å². The minimum atomic E-state index is 0. The number of hydrogen-bond acceptors (Lipinski definition) is 0. The Hall–Kier alpha value is 0.640. The third-order valence-corrected chi connectivity index (χ3v) is 2.40. The Bertz CT molecular complexity index is 324. The van der Waals surface area contributed by atoms with Crippen molar-refractivity contribution in [3.05, 3.63) is 62.0 Å². The molecule has 0 aromatic carbocycles. The average Bonchev–Trinajstić information content (AvgIpc) is 2.82. The van der Waals surface area contributed by atoms with Crippen LogP contribution < -0.4 is 0 Å². The summed E-state index contributed by atoms with van der Waals surface area (Å²) in [6, 6.07) is 0. The van der Waals surface area contributed by atoms with Gasteiger partial charge in [-0.2, -0.15) is 12.2 Å². The van der Waals surface area contributed by atoms with Crippen LogP contribution in [0.25, 0.3) is 0 Å². The molecule has 1 unspecified atom stereocenters. The fraction of sp³-hybridized carbons (Fsp3) is 0.375. The Kier molecular flexibility index (Phi) is 32.0. The third-order valence-electron chi connectivity index (χ3n) is 2.40. The van der Waals surface area contributed by atoms with Crippen LogP contribution >= 0.6 is 24.8 Å². The van der Waals surface area contributed by atoms with Crippen molar-refractivity contribution in [2.45, 2.75) is 34.1 Å². The molecule has 0 spiro atoms. The van der Waals surface area contributed by atoms with E-state index >= 15 is 0 Å². The van der Waals surface area contributed by atoms with Gasteiger partial charge in [-0.05, 0) is 0 Å². The Morgan fingerprint density at radius 2 is 1.65 bits per heavy atom. The molecule has 4 heteroatoms. The van der Waals surface area contributed by atoms with E-state index in [1.807, 2.05) is 6.88 Å². The molecular weight excluding hydrogens is 382 g/mol. The molecule has 0 saturated heterocycles. The predicted octanol–water partition coefficient (Wildman–Crippen LogP) is 4.85. The van der Waals surface area contributed by atoms with Gasteiger partial charge in [0.05, 0.1) is 0 Å². The summed E-state index contributed by atoms with van der Waals surface area (Å²) in [5, 5.41) is 0. The van der Waals surface area contributed by atoms with E-state index in [2.05, 4.69) is 58.1 Å². The van der Waals surface area contributed by atoms with E-state index in [1.54, 1.807) is 23.3 Å². The second kappa shape index (κ2) is 19.6. The van der Waals surface area contributed by atoms with Crippen molar-refractivity contribution in [3.8, 4) is 0 Å². The summed E-state index contributed by atoms with van der Waals surface area (Å²) >= 11 is 1.58. The van der Waals surface area contributed by atoms with E-state index < -0.39 is 0 Å². The van der Waals surface area contributed by atoms with Crippen LogP contribution in [0.1, 0.15) is 34.1 Å². The second-order valence-electron chi connectivity index (χ2n) is 3.87. The summed E-state index contributed by atoms with van der Waals surface area (Å²) in [4.78, 5) is 0. The standard InChI is InChI=1S/C8H11.C6H7.2CH3.2ClH.H2Si.Zr/c1-6-4-7(2)8(3)5-6;1-6-4-2-3-5-6;;;;;;/h4,6H,1-3H3;2,4H,3H2,1H3;2*1H3;2*1H;1H2;/q4*-1;;;;. The molecule has 0 aromatic rings. The summed E-state index contributed by atoms with van der Waals surface area (Å²) < 4.78 is 0. The topological polar surface area (TPSA) is 0 Å².